The van der Waals surface area contributed by atoms with Crippen LogP contribution in [0.4, 0.5) is 5.69 Å². The Kier molecular flexibility index (Phi) is 6.44. The second kappa shape index (κ2) is 8.88. The van der Waals surface area contributed by atoms with E-state index in [0.717, 1.165) is 10.4 Å². The summed E-state index contributed by atoms with van der Waals surface area (Å²) in [4.78, 5) is 39.0. The molecule has 1 aromatic heterocycles. The zero-order valence-electron chi connectivity index (χ0n) is 16.5. The number of para-hydroxylation sites is 1. The Balaban J connectivity index is 1.74. The van der Waals surface area contributed by atoms with Crippen molar-refractivity contribution in [2.45, 2.75) is 4.90 Å². The summed E-state index contributed by atoms with van der Waals surface area (Å²) in [7, 11) is -0.983. The number of ether oxygens (including phenoxy) is 1. The Hall–Kier alpha value is -3.21. The van der Waals surface area contributed by atoms with Crippen molar-refractivity contribution in [3.8, 4) is 0 Å². The van der Waals surface area contributed by atoms with E-state index in [9.17, 15) is 22.8 Å². The van der Waals surface area contributed by atoms with Crippen LogP contribution in [0.1, 0.15) is 10.4 Å². The first-order valence-electron chi connectivity index (χ1n) is 8.90. The van der Waals surface area contributed by atoms with Crippen LogP contribution in [-0.4, -0.2) is 50.3 Å². The minimum Gasteiger partial charge on any atom is -0.452 e. The van der Waals surface area contributed by atoms with E-state index in [1.54, 1.807) is 24.3 Å². The number of H-pyrrole nitrogens is 1. The van der Waals surface area contributed by atoms with Crippen LogP contribution in [0.25, 0.3) is 10.9 Å². The third-order valence-corrected chi connectivity index (χ3v) is 6.44. The number of halogens is 1. The molecule has 0 saturated carbocycles. The number of nitrogens with zero attached hydrogens (tertiary/aromatic N) is 1. The average molecular weight is 464 g/mol. The van der Waals surface area contributed by atoms with E-state index < -0.39 is 34.1 Å². The van der Waals surface area contributed by atoms with Gasteiger partial charge in [0.1, 0.15) is 0 Å². The van der Waals surface area contributed by atoms with Gasteiger partial charge in [-0.05, 0) is 24.3 Å². The predicted molar refractivity (Wildman–Crippen MR) is 116 cm³/mol. The van der Waals surface area contributed by atoms with Gasteiger partial charge in [-0.3, -0.25) is 9.59 Å². The van der Waals surface area contributed by atoms with Crippen LogP contribution in [0.3, 0.4) is 0 Å². The van der Waals surface area contributed by atoms with Crippen LogP contribution in [0, 0.1) is 0 Å². The summed E-state index contributed by atoms with van der Waals surface area (Å²) >= 11 is 6.04. The van der Waals surface area contributed by atoms with E-state index in [1.807, 2.05) is 0 Å². The monoisotopic (exact) mass is 463 g/mol. The molecule has 31 heavy (non-hydrogen) atoms. The van der Waals surface area contributed by atoms with Crippen molar-refractivity contribution in [1.29, 1.82) is 0 Å². The topological polar surface area (TPSA) is 126 Å². The van der Waals surface area contributed by atoms with Crippen LogP contribution in [0.5, 0.6) is 0 Å². The number of amides is 1. The number of rotatable bonds is 6. The minimum absolute atomic E-state index is 0.0178. The maximum absolute atomic E-state index is 12.4. The predicted octanol–water partition coefficient (Wildman–Crippen LogP) is 2.23. The molecule has 1 amide bonds. The first-order chi connectivity index (χ1) is 14.6. The molecular weight excluding hydrogens is 446 g/mol. The first-order valence-corrected chi connectivity index (χ1v) is 10.7. The normalized spacial score (nSPS) is 11.5. The molecule has 0 aliphatic carbocycles. The van der Waals surface area contributed by atoms with Crippen LogP contribution in [-0.2, 0) is 19.6 Å². The summed E-state index contributed by atoms with van der Waals surface area (Å²) in [6, 6.07) is 11.6. The van der Waals surface area contributed by atoms with Crippen molar-refractivity contribution in [3.63, 3.8) is 0 Å². The lowest BCUT2D eigenvalue weighted by molar-refractivity contribution is -0.119. The number of sulfonamides is 1. The highest BCUT2D eigenvalue weighted by molar-refractivity contribution is 7.89. The van der Waals surface area contributed by atoms with E-state index in [-0.39, 0.29) is 21.2 Å². The van der Waals surface area contributed by atoms with Crippen LogP contribution in [0.2, 0.25) is 5.02 Å². The van der Waals surface area contributed by atoms with Crippen molar-refractivity contribution in [2.75, 3.05) is 26.0 Å². The number of carbonyl (C=O) groups is 2. The van der Waals surface area contributed by atoms with Gasteiger partial charge in [0.2, 0.25) is 15.6 Å². The number of hydrogen-bond donors (Lipinski definition) is 2. The first kappa shape index (κ1) is 22.5. The van der Waals surface area contributed by atoms with E-state index in [0.29, 0.717) is 10.9 Å². The van der Waals surface area contributed by atoms with Crippen molar-refractivity contribution in [1.82, 2.24) is 9.29 Å². The number of benzene rings is 2. The van der Waals surface area contributed by atoms with Crippen LogP contribution < -0.4 is 10.9 Å². The zero-order chi connectivity index (χ0) is 22.8. The van der Waals surface area contributed by atoms with E-state index >= 15 is 0 Å². The fourth-order valence-electron chi connectivity index (χ4n) is 2.74. The smallest absolute Gasteiger partial charge is 0.339 e. The second-order valence-corrected chi connectivity index (χ2v) is 9.21. The zero-order valence-corrected chi connectivity index (χ0v) is 18.1. The van der Waals surface area contributed by atoms with Gasteiger partial charge in [0, 0.05) is 31.1 Å². The molecule has 3 rings (SSSR count). The molecule has 9 nitrogen and oxygen atoms in total. The summed E-state index contributed by atoms with van der Waals surface area (Å²) < 4.78 is 30.6. The van der Waals surface area contributed by atoms with Crippen molar-refractivity contribution in [2.24, 2.45) is 0 Å². The Morgan fingerprint density at radius 1 is 1.13 bits per heavy atom. The summed E-state index contributed by atoms with van der Waals surface area (Å²) in [6.45, 7) is -0.666. The fraction of sp³-hybridized carbons (Fsp3) is 0.150. The van der Waals surface area contributed by atoms with Gasteiger partial charge >= 0.3 is 5.97 Å². The molecule has 0 spiro atoms. The van der Waals surface area contributed by atoms with Crippen LogP contribution in [0.15, 0.2) is 58.2 Å². The van der Waals surface area contributed by atoms with Gasteiger partial charge in [0.05, 0.1) is 21.2 Å². The molecule has 1 heterocycles. The molecule has 0 atom stereocenters. The number of esters is 1. The molecular formula is C20H18ClN3O6S. The second-order valence-electron chi connectivity index (χ2n) is 6.65. The lowest BCUT2D eigenvalue weighted by Crippen LogP contribution is -2.24. The molecule has 11 heteroatoms. The summed E-state index contributed by atoms with van der Waals surface area (Å²) in [5.41, 5.74) is 0.0365. The molecule has 0 radical (unpaired) electrons. The van der Waals surface area contributed by atoms with Crippen molar-refractivity contribution >= 4 is 50.1 Å². The van der Waals surface area contributed by atoms with Gasteiger partial charge in [-0.25, -0.2) is 17.5 Å². The molecule has 2 aromatic carbocycles. The SMILES string of the molecule is CN(C)S(=O)(=O)c1ccc(Cl)c(NC(=O)COC(=O)c2cc(=O)[nH]c3ccccc23)c1. The lowest BCUT2D eigenvalue weighted by atomic mass is 10.1. The molecule has 0 unspecified atom stereocenters. The number of fused-ring (bicyclic) bond motifs is 1. The molecule has 0 aliphatic rings. The largest absolute Gasteiger partial charge is 0.452 e. The molecule has 0 saturated heterocycles. The minimum atomic E-state index is -3.73. The molecule has 2 N–H and O–H groups in total. The molecule has 0 bridgehead atoms. The molecule has 162 valence electrons. The van der Waals surface area contributed by atoms with Crippen molar-refractivity contribution in [3.05, 3.63) is 69.5 Å². The van der Waals surface area contributed by atoms with Gasteiger partial charge in [-0.1, -0.05) is 29.8 Å². The van der Waals surface area contributed by atoms with Gasteiger partial charge in [0.25, 0.3) is 5.91 Å². The fourth-order valence-corrected chi connectivity index (χ4v) is 3.83. The molecule has 0 fully saturated rings. The molecule has 0 aliphatic heterocycles. The van der Waals surface area contributed by atoms with Gasteiger partial charge < -0.3 is 15.0 Å². The highest BCUT2D eigenvalue weighted by Gasteiger charge is 2.20. The number of hydrogen-bond acceptors (Lipinski definition) is 6. The maximum Gasteiger partial charge on any atom is 0.339 e. The Labute approximate surface area is 182 Å². The lowest BCUT2D eigenvalue weighted by Gasteiger charge is -2.14. The highest BCUT2D eigenvalue weighted by atomic mass is 35.5. The van der Waals surface area contributed by atoms with Gasteiger partial charge in [-0.15, -0.1) is 0 Å². The number of anilines is 1. The number of aromatic nitrogens is 1. The number of carbonyl (C=O) groups excluding carboxylic acids is 2. The summed E-state index contributed by atoms with van der Waals surface area (Å²) in [5.74, 6) is -1.59. The number of nitrogens with one attached hydrogen (secondary N) is 2. The average Bonchev–Trinajstić information content (AvgIpc) is 2.72. The Morgan fingerprint density at radius 3 is 2.55 bits per heavy atom. The van der Waals surface area contributed by atoms with E-state index in [4.69, 9.17) is 16.3 Å². The van der Waals surface area contributed by atoms with E-state index in [2.05, 4.69) is 10.3 Å². The maximum atomic E-state index is 12.4. The molecule has 3 aromatic rings. The summed E-state index contributed by atoms with van der Waals surface area (Å²) in [6.07, 6.45) is 0. The number of aromatic amines is 1. The van der Waals surface area contributed by atoms with Gasteiger partial charge in [0.15, 0.2) is 6.61 Å². The third kappa shape index (κ3) is 4.93. The third-order valence-electron chi connectivity index (χ3n) is 4.30. The Bertz CT molecular complexity index is 1330. The van der Waals surface area contributed by atoms with Crippen LogP contribution >= 0.6 is 11.6 Å². The highest BCUT2D eigenvalue weighted by Crippen LogP contribution is 2.26. The quantitative estimate of drug-likeness (QED) is 0.540. The number of pyridine rings is 1. The van der Waals surface area contributed by atoms with Crippen molar-refractivity contribution < 1.29 is 22.7 Å². The summed E-state index contributed by atoms with van der Waals surface area (Å²) in [5, 5.41) is 3.00. The van der Waals surface area contributed by atoms with Gasteiger partial charge in [-0.2, -0.15) is 0 Å². The van der Waals surface area contributed by atoms with E-state index in [1.165, 1.54) is 32.3 Å². The standard InChI is InChI=1S/C20H18ClN3O6S/c1-24(2)31(28,29)12-7-8-15(21)17(9-12)23-19(26)11-30-20(27)14-10-18(25)22-16-6-4-3-5-13(14)16/h3-10H,11H2,1-2H3,(H,22,25)(H,23,26). The Morgan fingerprint density at radius 2 is 1.84 bits per heavy atom.